The van der Waals surface area contributed by atoms with Gasteiger partial charge in [0.15, 0.2) is 11.5 Å². The van der Waals surface area contributed by atoms with E-state index in [1.807, 2.05) is 37.2 Å². The third-order valence-electron chi connectivity index (χ3n) is 4.73. The molecule has 0 atom stereocenters. The Labute approximate surface area is 159 Å². The Bertz CT molecular complexity index is 817. The van der Waals surface area contributed by atoms with Crippen LogP contribution in [0.3, 0.4) is 0 Å². The van der Waals surface area contributed by atoms with Gasteiger partial charge in [0.05, 0.1) is 30.2 Å². The fraction of sp³-hybridized carbons (Fsp3) is 0.381. The summed E-state index contributed by atoms with van der Waals surface area (Å²) in [7, 11) is 5.22. The number of hydrogen-bond donors (Lipinski definition) is 1. The first-order valence-corrected chi connectivity index (χ1v) is 9.11. The van der Waals surface area contributed by atoms with Crippen LogP contribution in [0.15, 0.2) is 36.4 Å². The molecule has 0 spiro atoms. The molecule has 0 saturated heterocycles. The summed E-state index contributed by atoms with van der Waals surface area (Å²) in [6.07, 6.45) is 4.22. The van der Waals surface area contributed by atoms with E-state index in [1.54, 1.807) is 6.07 Å². The number of carbonyl (C=O) groups excluding carboxylic acids is 1. The number of nitrogens with one attached hydrogen (secondary N) is 1. The number of halogens is 1. The number of rotatable bonds is 6. The van der Waals surface area contributed by atoms with Crippen molar-refractivity contribution in [1.29, 1.82) is 0 Å². The van der Waals surface area contributed by atoms with E-state index in [1.165, 1.54) is 19.2 Å². The van der Waals surface area contributed by atoms with Crippen molar-refractivity contribution in [3.05, 3.63) is 47.8 Å². The molecule has 0 heterocycles. The highest BCUT2D eigenvalue weighted by Gasteiger charge is 2.22. The van der Waals surface area contributed by atoms with Gasteiger partial charge in [0, 0.05) is 20.2 Å². The molecular weight excluding hydrogens is 347 g/mol. The zero-order valence-corrected chi connectivity index (χ0v) is 15.9. The van der Waals surface area contributed by atoms with Crippen molar-refractivity contribution in [3.63, 3.8) is 0 Å². The molecule has 1 aliphatic rings. The molecular formula is C21H25FN2O3. The largest absolute Gasteiger partial charge is 0.493 e. The van der Waals surface area contributed by atoms with Crippen LogP contribution < -0.4 is 19.7 Å². The molecule has 2 aromatic carbocycles. The normalized spacial score (nSPS) is 14.1. The molecule has 2 aromatic rings. The molecule has 1 N–H and O–H groups in total. The third-order valence-corrected chi connectivity index (χ3v) is 4.73. The predicted octanol–water partition coefficient (Wildman–Crippen LogP) is 4.47. The Balaban J connectivity index is 1.87. The zero-order valence-electron chi connectivity index (χ0n) is 15.9. The molecule has 6 heteroatoms. The predicted molar refractivity (Wildman–Crippen MR) is 105 cm³/mol. The molecule has 0 radical (unpaired) electrons. The van der Waals surface area contributed by atoms with Crippen LogP contribution in [0.5, 0.6) is 11.5 Å². The number of benzene rings is 2. The molecule has 0 unspecified atom stereocenters. The van der Waals surface area contributed by atoms with E-state index in [0.717, 1.165) is 31.4 Å². The number of carbonyl (C=O) groups is 1. The summed E-state index contributed by atoms with van der Waals surface area (Å²) in [6.45, 7) is 0. The first-order chi connectivity index (χ1) is 13.0. The monoisotopic (exact) mass is 372 g/mol. The quantitative estimate of drug-likeness (QED) is 0.813. The minimum Gasteiger partial charge on any atom is -0.493 e. The van der Waals surface area contributed by atoms with Crippen LogP contribution in [0.2, 0.25) is 0 Å². The molecule has 5 nitrogen and oxygen atoms in total. The minimum atomic E-state index is -0.648. The first kappa shape index (κ1) is 19.0. The van der Waals surface area contributed by atoms with Crippen molar-refractivity contribution in [2.75, 3.05) is 31.4 Å². The lowest BCUT2D eigenvalue weighted by molar-refractivity contribution is 0.102. The molecule has 0 bridgehead atoms. The molecule has 144 valence electrons. The van der Waals surface area contributed by atoms with Gasteiger partial charge in [0.1, 0.15) is 5.82 Å². The maximum Gasteiger partial charge on any atom is 0.258 e. The highest BCUT2D eigenvalue weighted by molar-refractivity contribution is 6.06. The summed E-state index contributed by atoms with van der Waals surface area (Å²) >= 11 is 0. The lowest BCUT2D eigenvalue weighted by Gasteiger charge is -2.19. The van der Waals surface area contributed by atoms with Crippen LogP contribution in [0, 0.1) is 5.82 Å². The second-order valence-electron chi connectivity index (χ2n) is 6.87. The van der Waals surface area contributed by atoms with E-state index in [9.17, 15) is 9.18 Å². The molecule has 1 aliphatic carbocycles. The van der Waals surface area contributed by atoms with E-state index < -0.39 is 11.7 Å². The van der Waals surface area contributed by atoms with Gasteiger partial charge < -0.3 is 19.7 Å². The Morgan fingerprint density at radius 2 is 1.85 bits per heavy atom. The number of nitrogens with zero attached hydrogens (tertiary/aromatic N) is 1. The lowest BCUT2D eigenvalue weighted by atomic mass is 10.1. The van der Waals surface area contributed by atoms with Crippen LogP contribution in [0.25, 0.3) is 0 Å². The standard InChI is InChI=1S/C21H25FN2O3/c1-24(2)18-11-7-6-10-17(18)23-21(25)15-12-20(19(26-3)13-16(15)22)27-14-8-4-5-9-14/h6-7,10-14H,4-5,8-9H2,1-3H3,(H,23,25). The first-order valence-electron chi connectivity index (χ1n) is 9.11. The van der Waals surface area contributed by atoms with Crippen LogP contribution >= 0.6 is 0 Å². The number of methoxy groups -OCH3 is 1. The van der Waals surface area contributed by atoms with Crippen molar-refractivity contribution in [3.8, 4) is 11.5 Å². The van der Waals surface area contributed by atoms with Crippen molar-refractivity contribution in [2.45, 2.75) is 31.8 Å². The second-order valence-corrected chi connectivity index (χ2v) is 6.87. The van der Waals surface area contributed by atoms with Gasteiger partial charge in [-0.1, -0.05) is 12.1 Å². The zero-order chi connectivity index (χ0) is 19.4. The number of ether oxygens (including phenoxy) is 2. The van der Waals surface area contributed by atoms with Gasteiger partial charge in [0.2, 0.25) is 0 Å². The maximum absolute atomic E-state index is 14.5. The maximum atomic E-state index is 14.5. The summed E-state index contributed by atoms with van der Waals surface area (Å²) in [6, 6.07) is 10.0. The fourth-order valence-electron chi connectivity index (χ4n) is 3.31. The molecule has 1 amide bonds. The second kappa shape index (κ2) is 8.29. The van der Waals surface area contributed by atoms with Crippen LogP contribution in [0.1, 0.15) is 36.0 Å². The summed E-state index contributed by atoms with van der Waals surface area (Å²) in [5, 5.41) is 2.79. The van der Waals surface area contributed by atoms with E-state index in [4.69, 9.17) is 9.47 Å². The van der Waals surface area contributed by atoms with E-state index in [2.05, 4.69) is 5.32 Å². The summed E-state index contributed by atoms with van der Waals surface area (Å²) < 4.78 is 25.7. The highest BCUT2D eigenvalue weighted by atomic mass is 19.1. The smallest absolute Gasteiger partial charge is 0.258 e. The fourth-order valence-corrected chi connectivity index (χ4v) is 3.31. The van der Waals surface area contributed by atoms with Crippen molar-refractivity contribution < 1.29 is 18.7 Å². The average Bonchev–Trinajstić information content (AvgIpc) is 3.16. The van der Waals surface area contributed by atoms with Crippen LogP contribution in [-0.2, 0) is 0 Å². The van der Waals surface area contributed by atoms with E-state index in [0.29, 0.717) is 17.2 Å². The Morgan fingerprint density at radius 1 is 1.15 bits per heavy atom. The number of hydrogen-bond acceptors (Lipinski definition) is 4. The van der Waals surface area contributed by atoms with E-state index in [-0.39, 0.29) is 11.7 Å². The summed E-state index contributed by atoms with van der Waals surface area (Å²) in [5.74, 6) is -0.479. The molecule has 0 aliphatic heterocycles. The third kappa shape index (κ3) is 4.32. The topological polar surface area (TPSA) is 50.8 Å². The van der Waals surface area contributed by atoms with Gasteiger partial charge in [0.25, 0.3) is 5.91 Å². The molecule has 1 fully saturated rings. The molecule has 1 saturated carbocycles. The lowest BCUT2D eigenvalue weighted by Crippen LogP contribution is -2.18. The van der Waals surface area contributed by atoms with Gasteiger partial charge in [-0.3, -0.25) is 4.79 Å². The minimum absolute atomic E-state index is 0.0719. The highest BCUT2D eigenvalue weighted by Crippen LogP contribution is 2.34. The van der Waals surface area contributed by atoms with Gasteiger partial charge in [-0.15, -0.1) is 0 Å². The van der Waals surface area contributed by atoms with Gasteiger partial charge in [-0.25, -0.2) is 4.39 Å². The summed E-state index contributed by atoms with van der Waals surface area (Å²) in [5.41, 5.74) is 1.38. The van der Waals surface area contributed by atoms with Crippen molar-refractivity contribution in [1.82, 2.24) is 0 Å². The van der Waals surface area contributed by atoms with Crippen molar-refractivity contribution in [2.24, 2.45) is 0 Å². The SMILES string of the molecule is COc1cc(F)c(C(=O)Nc2ccccc2N(C)C)cc1OC1CCCC1. The van der Waals surface area contributed by atoms with Gasteiger partial charge in [-0.2, -0.15) is 0 Å². The Kier molecular flexibility index (Phi) is 5.84. The molecule has 27 heavy (non-hydrogen) atoms. The van der Waals surface area contributed by atoms with Crippen LogP contribution in [0.4, 0.5) is 15.8 Å². The van der Waals surface area contributed by atoms with Gasteiger partial charge in [-0.05, 0) is 43.9 Å². The number of para-hydroxylation sites is 2. The van der Waals surface area contributed by atoms with E-state index >= 15 is 0 Å². The number of anilines is 2. The average molecular weight is 372 g/mol. The van der Waals surface area contributed by atoms with Crippen LogP contribution in [-0.4, -0.2) is 33.2 Å². The Hall–Kier alpha value is -2.76. The van der Waals surface area contributed by atoms with Gasteiger partial charge >= 0.3 is 0 Å². The Morgan fingerprint density at radius 3 is 2.52 bits per heavy atom. The molecule has 0 aromatic heterocycles. The molecule has 3 rings (SSSR count). The van der Waals surface area contributed by atoms with Crippen molar-refractivity contribution >= 4 is 17.3 Å². The summed E-state index contributed by atoms with van der Waals surface area (Å²) in [4.78, 5) is 14.6. The number of amides is 1.